The minimum Gasteiger partial charge on any atom is -0.480 e. The quantitative estimate of drug-likeness (QED) is 0.766. The first-order chi connectivity index (χ1) is 12.3. The summed E-state index contributed by atoms with van der Waals surface area (Å²) in [5.41, 5.74) is 1.43. The molecule has 1 saturated carbocycles. The largest absolute Gasteiger partial charge is 0.480 e. The molecule has 2 N–H and O–H groups in total. The molecule has 0 heterocycles. The molecule has 0 radical (unpaired) electrons. The molecule has 1 aliphatic rings. The zero-order valence-electron chi connectivity index (χ0n) is 16.1. The van der Waals surface area contributed by atoms with Gasteiger partial charge in [-0.15, -0.1) is 0 Å². The molecule has 1 atom stereocenters. The summed E-state index contributed by atoms with van der Waals surface area (Å²) in [4.78, 5) is 23.8. The number of carboxylic acid groups (broad SMARTS) is 1. The Morgan fingerprint density at radius 1 is 1.15 bits per heavy atom. The van der Waals surface area contributed by atoms with Crippen molar-refractivity contribution in [2.75, 3.05) is 6.61 Å². The summed E-state index contributed by atoms with van der Waals surface area (Å²) in [6.45, 7) is 6.01. The summed E-state index contributed by atoms with van der Waals surface area (Å²) >= 11 is 0. The van der Waals surface area contributed by atoms with Crippen molar-refractivity contribution < 1.29 is 19.4 Å². The van der Waals surface area contributed by atoms with Gasteiger partial charge in [0.05, 0.1) is 5.60 Å². The van der Waals surface area contributed by atoms with Crippen LogP contribution in [0.15, 0.2) is 24.3 Å². The molecule has 0 aliphatic heterocycles. The molecular formula is C21H31NO4. The van der Waals surface area contributed by atoms with Gasteiger partial charge in [-0.1, -0.05) is 31.4 Å². The van der Waals surface area contributed by atoms with Gasteiger partial charge in [0.1, 0.15) is 6.04 Å². The highest BCUT2D eigenvalue weighted by molar-refractivity contribution is 5.96. The molecule has 1 aliphatic carbocycles. The SMILES string of the molecule is CC(C)(C)OCCC(NC(=O)c1ccc(C2CCCCC2)cc1)C(=O)O. The zero-order valence-corrected chi connectivity index (χ0v) is 16.1. The maximum Gasteiger partial charge on any atom is 0.326 e. The lowest BCUT2D eigenvalue weighted by molar-refractivity contribution is -0.140. The van der Waals surface area contributed by atoms with Crippen molar-refractivity contribution in [3.63, 3.8) is 0 Å². The number of rotatable bonds is 7. The molecule has 1 aromatic rings. The molecule has 1 fully saturated rings. The van der Waals surface area contributed by atoms with Crippen molar-refractivity contribution in [1.29, 1.82) is 0 Å². The molecule has 5 nitrogen and oxygen atoms in total. The smallest absolute Gasteiger partial charge is 0.326 e. The maximum atomic E-state index is 12.4. The maximum absolute atomic E-state index is 12.4. The van der Waals surface area contributed by atoms with Crippen LogP contribution in [0.3, 0.4) is 0 Å². The van der Waals surface area contributed by atoms with Crippen molar-refractivity contribution in [1.82, 2.24) is 5.32 Å². The van der Waals surface area contributed by atoms with Crippen molar-refractivity contribution in [2.24, 2.45) is 0 Å². The number of amides is 1. The zero-order chi connectivity index (χ0) is 19.2. The monoisotopic (exact) mass is 361 g/mol. The molecule has 0 bridgehead atoms. The molecule has 1 aromatic carbocycles. The van der Waals surface area contributed by atoms with Crippen molar-refractivity contribution >= 4 is 11.9 Å². The average molecular weight is 361 g/mol. The fourth-order valence-electron chi connectivity index (χ4n) is 3.32. The van der Waals surface area contributed by atoms with Gasteiger partial charge < -0.3 is 15.2 Å². The predicted molar refractivity (Wildman–Crippen MR) is 101 cm³/mol. The molecule has 26 heavy (non-hydrogen) atoms. The summed E-state index contributed by atoms with van der Waals surface area (Å²) in [5.74, 6) is -0.819. The normalized spacial score (nSPS) is 16.9. The van der Waals surface area contributed by atoms with E-state index in [0.29, 0.717) is 11.5 Å². The number of carbonyl (C=O) groups excluding carboxylic acids is 1. The van der Waals surface area contributed by atoms with E-state index in [1.165, 1.54) is 37.7 Å². The standard InChI is InChI=1S/C21H31NO4/c1-21(2,3)26-14-13-18(20(24)25)22-19(23)17-11-9-16(10-12-17)15-7-5-4-6-8-15/h9-12,15,18H,4-8,13-14H2,1-3H3,(H,22,23)(H,24,25). The van der Waals surface area contributed by atoms with Crippen LogP contribution >= 0.6 is 0 Å². The summed E-state index contributed by atoms with van der Waals surface area (Å²) in [6, 6.07) is 6.64. The summed E-state index contributed by atoms with van der Waals surface area (Å²) in [6.07, 6.45) is 6.50. The van der Waals surface area contributed by atoms with E-state index in [1.807, 2.05) is 32.9 Å². The van der Waals surface area contributed by atoms with Crippen molar-refractivity contribution in [2.45, 2.75) is 76.9 Å². The van der Waals surface area contributed by atoms with Crippen LogP contribution in [0, 0.1) is 0 Å². The van der Waals surface area contributed by atoms with Crippen molar-refractivity contribution in [3.05, 3.63) is 35.4 Å². The van der Waals surface area contributed by atoms with Crippen LogP contribution in [0.5, 0.6) is 0 Å². The number of hydrogen-bond acceptors (Lipinski definition) is 3. The highest BCUT2D eigenvalue weighted by Gasteiger charge is 2.22. The van der Waals surface area contributed by atoms with E-state index in [9.17, 15) is 14.7 Å². The number of hydrogen-bond donors (Lipinski definition) is 2. The van der Waals surface area contributed by atoms with Crippen molar-refractivity contribution in [3.8, 4) is 0 Å². The first-order valence-electron chi connectivity index (χ1n) is 9.54. The third kappa shape index (κ3) is 6.45. The van der Waals surface area contributed by atoms with Crippen LogP contribution in [0.4, 0.5) is 0 Å². The Morgan fingerprint density at radius 3 is 2.31 bits per heavy atom. The van der Waals surface area contributed by atoms with Gasteiger partial charge in [0, 0.05) is 18.6 Å². The number of carbonyl (C=O) groups is 2. The first-order valence-corrected chi connectivity index (χ1v) is 9.54. The lowest BCUT2D eigenvalue weighted by atomic mass is 9.84. The van der Waals surface area contributed by atoms with Gasteiger partial charge in [-0.25, -0.2) is 4.79 Å². The molecule has 1 amide bonds. The Bertz CT molecular complexity index is 597. The number of ether oxygens (including phenoxy) is 1. The van der Waals surface area contributed by atoms with E-state index < -0.39 is 12.0 Å². The molecule has 1 unspecified atom stereocenters. The van der Waals surface area contributed by atoms with E-state index in [4.69, 9.17) is 4.74 Å². The van der Waals surface area contributed by atoms with Crippen LogP contribution in [0.2, 0.25) is 0 Å². The lowest BCUT2D eigenvalue weighted by Crippen LogP contribution is -2.42. The highest BCUT2D eigenvalue weighted by atomic mass is 16.5. The molecule has 5 heteroatoms. The topological polar surface area (TPSA) is 75.6 Å². The third-order valence-corrected chi connectivity index (χ3v) is 4.79. The van der Waals surface area contributed by atoms with Gasteiger partial charge in [0.25, 0.3) is 5.91 Å². The number of nitrogens with one attached hydrogen (secondary N) is 1. The Morgan fingerprint density at radius 2 is 1.77 bits per heavy atom. The Hall–Kier alpha value is -1.88. The molecular weight excluding hydrogens is 330 g/mol. The van der Waals surface area contributed by atoms with Crippen LogP contribution in [-0.4, -0.2) is 35.2 Å². The van der Waals surface area contributed by atoms with Gasteiger partial charge in [-0.3, -0.25) is 4.79 Å². The Kier molecular flexibility index (Phi) is 7.21. The van der Waals surface area contributed by atoms with Gasteiger partial charge in [0.2, 0.25) is 0 Å². The second-order valence-corrected chi connectivity index (χ2v) is 8.07. The number of benzene rings is 1. The predicted octanol–water partition coefficient (Wildman–Crippen LogP) is 4.12. The minimum atomic E-state index is -1.05. The molecule has 2 rings (SSSR count). The molecule has 0 spiro atoms. The first kappa shape index (κ1) is 20.4. The fourth-order valence-corrected chi connectivity index (χ4v) is 3.32. The average Bonchev–Trinajstić information content (AvgIpc) is 2.60. The van der Waals surface area contributed by atoms with E-state index in [1.54, 1.807) is 12.1 Å². The Labute approximate surface area is 156 Å². The lowest BCUT2D eigenvalue weighted by Gasteiger charge is -2.22. The van der Waals surface area contributed by atoms with Crippen LogP contribution in [0.1, 0.15) is 81.1 Å². The van der Waals surface area contributed by atoms with Gasteiger partial charge in [-0.05, 0) is 57.2 Å². The third-order valence-electron chi connectivity index (χ3n) is 4.79. The molecule has 0 saturated heterocycles. The van der Waals surface area contributed by atoms with Crippen LogP contribution < -0.4 is 5.32 Å². The second-order valence-electron chi connectivity index (χ2n) is 8.07. The van der Waals surface area contributed by atoms with Gasteiger partial charge >= 0.3 is 5.97 Å². The summed E-state index contributed by atoms with van der Waals surface area (Å²) in [5, 5.41) is 11.9. The Balaban J connectivity index is 1.92. The van der Waals surface area contributed by atoms with E-state index >= 15 is 0 Å². The number of carboxylic acids is 1. The fraction of sp³-hybridized carbons (Fsp3) is 0.619. The summed E-state index contributed by atoms with van der Waals surface area (Å²) < 4.78 is 5.57. The molecule has 144 valence electrons. The minimum absolute atomic E-state index is 0.235. The van der Waals surface area contributed by atoms with Gasteiger partial charge in [-0.2, -0.15) is 0 Å². The van der Waals surface area contributed by atoms with E-state index in [-0.39, 0.29) is 24.5 Å². The summed E-state index contributed by atoms with van der Waals surface area (Å²) in [7, 11) is 0. The second kappa shape index (κ2) is 9.17. The van der Waals surface area contributed by atoms with E-state index in [2.05, 4.69) is 5.32 Å². The molecule has 0 aromatic heterocycles. The van der Waals surface area contributed by atoms with E-state index in [0.717, 1.165) is 0 Å². The van der Waals surface area contributed by atoms with Crippen LogP contribution in [0.25, 0.3) is 0 Å². The van der Waals surface area contributed by atoms with Gasteiger partial charge in [0.15, 0.2) is 0 Å². The van der Waals surface area contributed by atoms with Crippen LogP contribution in [-0.2, 0) is 9.53 Å². The number of aliphatic carboxylic acids is 1. The highest BCUT2D eigenvalue weighted by Crippen LogP contribution is 2.32.